The highest BCUT2D eigenvalue weighted by Crippen LogP contribution is 2.23. The molecule has 0 aliphatic heterocycles. The van der Waals surface area contributed by atoms with E-state index in [1.807, 2.05) is 6.92 Å². The molecule has 1 atom stereocenters. The average molecular weight is 389 g/mol. The molecule has 0 spiro atoms. The second-order valence-corrected chi connectivity index (χ2v) is 6.74. The van der Waals surface area contributed by atoms with Gasteiger partial charge in [0.25, 0.3) is 5.91 Å². The van der Waals surface area contributed by atoms with E-state index >= 15 is 0 Å². The van der Waals surface area contributed by atoms with Gasteiger partial charge in [-0.2, -0.15) is 0 Å². The van der Waals surface area contributed by atoms with E-state index in [0.717, 1.165) is 36.6 Å². The van der Waals surface area contributed by atoms with Gasteiger partial charge in [-0.05, 0) is 37.0 Å². The molecule has 0 aliphatic carbocycles. The number of carboxylic acid groups (broad SMARTS) is 1. The monoisotopic (exact) mass is 389 g/mol. The highest BCUT2D eigenvalue weighted by atomic mass is 16.5. The third-order valence-electron chi connectivity index (χ3n) is 4.45. The van der Waals surface area contributed by atoms with Gasteiger partial charge in [-0.15, -0.1) is 0 Å². The predicted molar refractivity (Wildman–Crippen MR) is 106 cm³/mol. The number of amides is 1. The largest absolute Gasteiger partial charge is 0.484 e. The number of hydrogen-bond donors (Lipinski definition) is 2. The molecule has 2 aromatic rings. The Balaban J connectivity index is 2.05. The molecule has 1 aromatic heterocycles. The Morgan fingerprint density at radius 3 is 2.61 bits per heavy atom. The van der Waals surface area contributed by atoms with Crippen molar-refractivity contribution in [3.63, 3.8) is 0 Å². The van der Waals surface area contributed by atoms with Crippen LogP contribution in [0.15, 0.2) is 33.5 Å². The summed E-state index contributed by atoms with van der Waals surface area (Å²) in [7, 11) is 0. The maximum atomic E-state index is 12.0. The maximum absolute atomic E-state index is 12.0. The fourth-order valence-corrected chi connectivity index (χ4v) is 2.92. The molecule has 28 heavy (non-hydrogen) atoms. The number of benzene rings is 1. The molecular weight excluding hydrogens is 362 g/mol. The summed E-state index contributed by atoms with van der Waals surface area (Å²) in [5.74, 6) is -1.20. The van der Waals surface area contributed by atoms with Gasteiger partial charge in [-0.3, -0.25) is 4.79 Å². The Bertz CT molecular complexity index is 873. The summed E-state index contributed by atoms with van der Waals surface area (Å²) in [4.78, 5) is 35.0. The molecule has 152 valence electrons. The highest BCUT2D eigenvalue weighted by Gasteiger charge is 2.19. The van der Waals surface area contributed by atoms with Crippen molar-refractivity contribution in [3.8, 4) is 5.75 Å². The molecule has 0 bridgehead atoms. The number of hydrogen-bond acceptors (Lipinski definition) is 5. The van der Waals surface area contributed by atoms with Crippen molar-refractivity contribution >= 4 is 22.8 Å². The third kappa shape index (κ3) is 6.11. The van der Waals surface area contributed by atoms with Gasteiger partial charge >= 0.3 is 11.6 Å². The second-order valence-electron chi connectivity index (χ2n) is 6.74. The molecular formula is C21H27NO6. The number of rotatable bonds is 11. The smallest absolute Gasteiger partial charge is 0.336 e. The number of nitrogens with one attached hydrogen (secondary N) is 1. The van der Waals surface area contributed by atoms with Crippen LogP contribution in [-0.2, 0) is 16.0 Å². The van der Waals surface area contributed by atoms with Crippen LogP contribution in [0.4, 0.5) is 0 Å². The van der Waals surface area contributed by atoms with Crippen LogP contribution < -0.4 is 15.7 Å². The van der Waals surface area contributed by atoms with Crippen molar-refractivity contribution in [1.29, 1.82) is 0 Å². The number of fused-ring (bicyclic) bond motifs is 1. The quantitative estimate of drug-likeness (QED) is 0.571. The van der Waals surface area contributed by atoms with E-state index in [1.54, 1.807) is 18.2 Å². The van der Waals surface area contributed by atoms with Crippen molar-refractivity contribution in [2.75, 3.05) is 6.61 Å². The van der Waals surface area contributed by atoms with Crippen LogP contribution in [0.5, 0.6) is 5.75 Å². The zero-order chi connectivity index (χ0) is 20.5. The van der Waals surface area contributed by atoms with Crippen LogP contribution >= 0.6 is 0 Å². The fraction of sp³-hybridized carbons (Fsp3) is 0.476. The van der Waals surface area contributed by atoms with Gasteiger partial charge in [0.15, 0.2) is 6.61 Å². The Morgan fingerprint density at radius 1 is 1.18 bits per heavy atom. The minimum absolute atomic E-state index is 0.318. The number of ether oxygens (including phenoxy) is 1. The molecule has 2 rings (SSSR count). The number of carboxylic acids is 1. The van der Waals surface area contributed by atoms with Crippen LogP contribution in [-0.4, -0.2) is 29.6 Å². The summed E-state index contributed by atoms with van der Waals surface area (Å²) in [6, 6.07) is 5.67. The van der Waals surface area contributed by atoms with Crippen molar-refractivity contribution in [1.82, 2.24) is 5.32 Å². The summed E-state index contributed by atoms with van der Waals surface area (Å²) >= 11 is 0. The first-order chi connectivity index (χ1) is 13.4. The summed E-state index contributed by atoms with van der Waals surface area (Å²) < 4.78 is 10.7. The molecule has 2 N–H and O–H groups in total. The van der Waals surface area contributed by atoms with Gasteiger partial charge in [0.2, 0.25) is 0 Å². The standard InChI is InChI=1S/C21H27NO6/c1-3-5-7-14-11-20(24)28-18-12-15(9-10-16(14)18)27-13-19(23)22-17(21(25)26)8-6-4-2/h9-12,17H,3-8,13H2,1-2H3,(H,22,23)(H,25,26). The lowest BCUT2D eigenvalue weighted by molar-refractivity contribution is -0.142. The lowest BCUT2D eigenvalue weighted by Crippen LogP contribution is -2.42. The van der Waals surface area contributed by atoms with Crippen LogP contribution in [0, 0.1) is 0 Å². The zero-order valence-corrected chi connectivity index (χ0v) is 16.3. The second kappa shape index (κ2) is 10.5. The molecule has 1 aromatic carbocycles. The van der Waals surface area contributed by atoms with Gasteiger partial charge in [-0.1, -0.05) is 33.1 Å². The van der Waals surface area contributed by atoms with Gasteiger partial charge < -0.3 is 19.6 Å². The van der Waals surface area contributed by atoms with Crippen molar-refractivity contribution in [3.05, 3.63) is 40.2 Å². The minimum Gasteiger partial charge on any atom is -0.484 e. The van der Waals surface area contributed by atoms with E-state index in [9.17, 15) is 14.4 Å². The Kier molecular flexibility index (Phi) is 8.04. The van der Waals surface area contributed by atoms with Gasteiger partial charge in [0.05, 0.1) is 0 Å². The topological polar surface area (TPSA) is 106 Å². The maximum Gasteiger partial charge on any atom is 0.336 e. The van der Waals surface area contributed by atoms with Gasteiger partial charge in [-0.25, -0.2) is 9.59 Å². The summed E-state index contributed by atoms with van der Waals surface area (Å²) in [6.07, 6.45) is 4.71. The number of carbonyl (C=O) groups is 2. The molecule has 1 heterocycles. The number of carbonyl (C=O) groups excluding carboxylic acids is 1. The predicted octanol–water partition coefficient (Wildman–Crippen LogP) is 3.27. The molecule has 0 radical (unpaired) electrons. The highest BCUT2D eigenvalue weighted by molar-refractivity contribution is 5.85. The van der Waals surface area contributed by atoms with E-state index < -0.39 is 23.5 Å². The Hall–Kier alpha value is -2.83. The number of aliphatic carboxylic acids is 1. The van der Waals surface area contributed by atoms with Gasteiger partial charge in [0, 0.05) is 17.5 Å². The molecule has 1 amide bonds. The summed E-state index contributed by atoms with van der Waals surface area (Å²) in [5.41, 5.74) is 0.911. The van der Waals surface area contributed by atoms with Crippen LogP contribution in [0.3, 0.4) is 0 Å². The first-order valence-electron chi connectivity index (χ1n) is 9.66. The van der Waals surface area contributed by atoms with Crippen molar-refractivity contribution in [2.24, 2.45) is 0 Å². The van der Waals surface area contributed by atoms with Gasteiger partial charge in [0.1, 0.15) is 17.4 Å². The Labute approximate surface area is 163 Å². The van der Waals surface area contributed by atoms with E-state index in [0.29, 0.717) is 24.2 Å². The molecule has 0 fully saturated rings. The first kappa shape index (κ1) is 21.5. The minimum atomic E-state index is -1.06. The molecule has 7 nitrogen and oxygen atoms in total. The fourth-order valence-electron chi connectivity index (χ4n) is 2.92. The SMILES string of the molecule is CCCCc1cc(=O)oc2cc(OCC(=O)NC(CCCC)C(=O)O)ccc12. The number of aryl methyl sites for hydroxylation is 1. The van der Waals surface area contributed by atoms with Crippen LogP contribution in [0.1, 0.15) is 51.5 Å². The molecule has 1 unspecified atom stereocenters. The van der Waals surface area contributed by atoms with E-state index in [4.69, 9.17) is 14.3 Å². The molecule has 7 heteroatoms. The van der Waals surface area contributed by atoms with E-state index in [-0.39, 0.29) is 6.61 Å². The molecule has 0 saturated carbocycles. The normalized spacial score (nSPS) is 11.9. The average Bonchev–Trinajstić information content (AvgIpc) is 2.67. The summed E-state index contributed by atoms with van der Waals surface area (Å²) in [6.45, 7) is 3.72. The lowest BCUT2D eigenvalue weighted by atomic mass is 10.0. The zero-order valence-electron chi connectivity index (χ0n) is 16.3. The van der Waals surface area contributed by atoms with Crippen LogP contribution in [0.25, 0.3) is 11.0 Å². The molecule has 0 saturated heterocycles. The van der Waals surface area contributed by atoms with E-state index in [1.165, 1.54) is 6.07 Å². The van der Waals surface area contributed by atoms with E-state index in [2.05, 4.69) is 12.2 Å². The van der Waals surface area contributed by atoms with Crippen LogP contribution in [0.2, 0.25) is 0 Å². The lowest BCUT2D eigenvalue weighted by Gasteiger charge is -2.14. The third-order valence-corrected chi connectivity index (χ3v) is 4.45. The van der Waals surface area contributed by atoms with Crippen molar-refractivity contribution < 1.29 is 23.8 Å². The van der Waals surface area contributed by atoms with Crippen molar-refractivity contribution in [2.45, 2.75) is 58.4 Å². The number of unbranched alkanes of at least 4 members (excludes halogenated alkanes) is 2. The molecule has 0 aliphatic rings. The Morgan fingerprint density at radius 2 is 1.93 bits per heavy atom. The first-order valence-corrected chi connectivity index (χ1v) is 9.66. The summed E-state index contributed by atoms with van der Waals surface area (Å²) in [5, 5.41) is 12.5.